The van der Waals surface area contributed by atoms with Gasteiger partial charge in [-0.3, -0.25) is 4.90 Å². The number of alkyl halides is 1. The monoisotopic (exact) mass is 219 g/mol. The average molecular weight is 220 g/mol. The van der Waals surface area contributed by atoms with Crippen LogP contribution in [0.3, 0.4) is 0 Å². The molecule has 0 aromatic rings. The molecule has 0 aliphatic carbocycles. The van der Waals surface area contributed by atoms with Crippen molar-refractivity contribution in [2.45, 2.75) is 45.3 Å². The van der Waals surface area contributed by atoms with Gasteiger partial charge in [-0.25, -0.2) is 0 Å². The Balaban J connectivity index is 2.30. The third-order valence-electron chi connectivity index (χ3n) is 2.50. The Hall–Kier alpha value is 0.210. The Labute approximate surface area is 92.6 Å². The van der Waals surface area contributed by atoms with E-state index in [0.717, 1.165) is 31.9 Å². The summed E-state index contributed by atoms with van der Waals surface area (Å²) in [4.78, 5) is 2.49. The maximum Gasteiger partial charge on any atom is 0.0757 e. The molecule has 0 saturated carbocycles. The maximum absolute atomic E-state index is 5.84. The fraction of sp³-hybridized carbons (Fsp3) is 1.00. The highest BCUT2D eigenvalue weighted by Gasteiger charge is 2.30. The van der Waals surface area contributed by atoms with E-state index < -0.39 is 0 Å². The van der Waals surface area contributed by atoms with Crippen molar-refractivity contribution in [3.8, 4) is 0 Å². The fourth-order valence-corrected chi connectivity index (χ4v) is 2.38. The number of nitrogens with zero attached hydrogens (tertiary/aromatic N) is 1. The van der Waals surface area contributed by atoms with Gasteiger partial charge in [-0.15, -0.1) is 11.6 Å². The second kappa shape index (κ2) is 5.34. The average Bonchev–Trinajstić information content (AvgIpc) is 2.00. The minimum atomic E-state index is 0.0125. The molecule has 1 rings (SSSR count). The Morgan fingerprint density at radius 2 is 2.14 bits per heavy atom. The summed E-state index contributed by atoms with van der Waals surface area (Å²) in [6.45, 7) is 9.74. The van der Waals surface area contributed by atoms with E-state index in [0.29, 0.717) is 6.10 Å². The van der Waals surface area contributed by atoms with Gasteiger partial charge in [-0.1, -0.05) is 0 Å². The van der Waals surface area contributed by atoms with Gasteiger partial charge in [-0.05, 0) is 40.2 Å². The summed E-state index contributed by atoms with van der Waals surface area (Å²) in [5.74, 6) is 0.781. The van der Waals surface area contributed by atoms with E-state index in [1.165, 1.54) is 6.42 Å². The first-order chi connectivity index (χ1) is 6.53. The Morgan fingerprint density at radius 3 is 2.71 bits per heavy atom. The third kappa shape index (κ3) is 4.16. The molecule has 1 unspecified atom stereocenters. The van der Waals surface area contributed by atoms with E-state index >= 15 is 0 Å². The van der Waals surface area contributed by atoms with Crippen molar-refractivity contribution in [3.63, 3.8) is 0 Å². The van der Waals surface area contributed by atoms with Crippen LogP contribution in [-0.2, 0) is 4.74 Å². The highest BCUT2D eigenvalue weighted by atomic mass is 35.5. The van der Waals surface area contributed by atoms with Gasteiger partial charge in [0.25, 0.3) is 0 Å². The first-order valence-corrected chi connectivity index (χ1v) is 6.03. The summed E-state index contributed by atoms with van der Waals surface area (Å²) in [6, 6.07) is 0. The number of hydrogen-bond donors (Lipinski definition) is 0. The molecule has 0 bridgehead atoms. The number of rotatable bonds is 4. The molecule has 1 atom stereocenters. The van der Waals surface area contributed by atoms with Crippen molar-refractivity contribution in [2.24, 2.45) is 0 Å². The lowest BCUT2D eigenvalue weighted by Crippen LogP contribution is -2.51. The molecule has 3 heteroatoms. The Bertz CT molecular complexity index is 173. The van der Waals surface area contributed by atoms with Crippen LogP contribution in [0.4, 0.5) is 0 Å². The molecule has 0 aromatic heterocycles. The zero-order valence-electron chi connectivity index (χ0n) is 9.55. The minimum Gasteiger partial charge on any atom is -0.370 e. The lowest BCUT2D eigenvalue weighted by molar-refractivity contribution is -0.128. The number of hydrogen-bond acceptors (Lipinski definition) is 2. The normalized spacial score (nSPS) is 27.9. The van der Waals surface area contributed by atoms with Crippen LogP contribution in [0.25, 0.3) is 0 Å². The largest absolute Gasteiger partial charge is 0.370 e. The van der Waals surface area contributed by atoms with Crippen molar-refractivity contribution in [1.82, 2.24) is 4.90 Å². The van der Waals surface area contributed by atoms with E-state index in [9.17, 15) is 0 Å². The molecule has 2 nitrogen and oxygen atoms in total. The van der Waals surface area contributed by atoms with Crippen molar-refractivity contribution in [2.75, 3.05) is 25.5 Å². The fourth-order valence-electron chi connectivity index (χ4n) is 2.19. The van der Waals surface area contributed by atoms with E-state index in [1.807, 2.05) is 0 Å². The summed E-state index contributed by atoms with van der Waals surface area (Å²) in [6.07, 6.45) is 2.68. The first kappa shape index (κ1) is 12.3. The number of unbranched alkanes of at least 4 members (excludes halogenated alkanes) is 1. The molecule has 0 aromatic carbocycles. The van der Waals surface area contributed by atoms with Gasteiger partial charge in [0, 0.05) is 19.0 Å². The van der Waals surface area contributed by atoms with Gasteiger partial charge < -0.3 is 4.74 Å². The summed E-state index contributed by atoms with van der Waals surface area (Å²) in [7, 11) is 0. The zero-order valence-corrected chi connectivity index (χ0v) is 10.3. The molecule has 1 aliphatic heterocycles. The third-order valence-corrected chi connectivity index (χ3v) is 2.77. The summed E-state index contributed by atoms with van der Waals surface area (Å²) < 4.78 is 5.84. The van der Waals surface area contributed by atoms with Gasteiger partial charge in [0.15, 0.2) is 0 Å². The molecule has 14 heavy (non-hydrogen) atoms. The van der Waals surface area contributed by atoms with Gasteiger partial charge in [-0.2, -0.15) is 0 Å². The predicted molar refractivity (Wildman–Crippen MR) is 61.0 cm³/mol. The molecule has 1 fully saturated rings. The second-order valence-electron chi connectivity index (χ2n) is 4.82. The lowest BCUT2D eigenvalue weighted by Gasteiger charge is -2.41. The lowest BCUT2D eigenvalue weighted by atomic mass is 10.1. The quantitative estimate of drug-likeness (QED) is 0.532. The number of morpholine rings is 1. The van der Waals surface area contributed by atoms with Crippen LogP contribution in [0, 0.1) is 0 Å². The highest BCUT2D eigenvalue weighted by molar-refractivity contribution is 6.17. The van der Waals surface area contributed by atoms with Crippen LogP contribution >= 0.6 is 11.6 Å². The van der Waals surface area contributed by atoms with Crippen LogP contribution in [0.2, 0.25) is 0 Å². The van der Waals surface area contributed by atoms with E-state index in [-0.39, 0.29) is 5.60 Å². The smallest absolute Gasteiger partial charge is 0.0757 e. The molecular weight excluding hydrogens is 198 g/mol. The summed E-state index contributed by atoms with van der Waals surface area (Å²) in [5, 5.41) is 0. The van der Waals surface area contributed by atoms with E-state index in [2.05, 4.69) is 25.7 Å². The molecule has 1 saturated heterocycles. The van der Waals surface area contributed by atoms with Crippen molar-refractivity contribution in [3.05, 3.63) is 0 Å². The van der Waals surface area contributed by atoms with Crippen molar-refractivity contribution >= 4 is 11.6 Å². The van der Waals surface area contributed by atoms with Crippen molar-refractivity contribution < 1.29 is 4.74 Å². The first-order valence-electron chi connectivity index (χ1n) is 5.49. The predicted octanol–water partition coefficient (Wildman–Crippen LogP) is 2.50. The van der Waals surface area contributed by atoms with Gasteiger partial charge in [0.05, 0.1) is 11.7 Å². The molecule has 0 radical (unpaired) electrons. The molecule has 0 spiro atoms. The molecular formula is C11H22ClNO. The molecule has 1 aliphatic rings. The van der Waals surface area contributed by atoms with Crippen LogP contribution in [0.15, 0.2) is 0 Å². The maximum atomic E-state index is 5.84. The van der Waals surface area contributed by atoms with Crippen LogP contribution in [-0.4, -0.2) is 42.1 Å². The van der Waals surface area contributed by atoms with Gasteiger partial charge in [0.1, 0.15) is 0 Å². The van der Waals surface area contributed by atoms with Crippen LogP contribution < -0.4 is 0 Å². The highest BCUT2D eigenvalue weighted by Crippen LogP contribution is 2.20. The molecule has 0 amide bonds. The molecule has 1 heterocycles. The Morgan fingerprint density at radius 1 is 1.43 bits per heavy atom. The number of halogens is 1. The minimum absolute atomic E-state index is 0.0125. The zero-order chi connectivity index (χ0) is 10.6. The topological polar surface area (TPSA) is 12.5 Å². The molecule has 0 N–H and O–H groups in total. The molecule has 84 valence electrons. The second-order valence-corrected chi connectivity index (χ2v) is 5.20. The van der Waals surface area contributed by atoms with Gasteiger partial charge >= 0.3 is 0 Å². The van der Waals surface area contributed by atoms with E-state index in [4.69, 9.17) is 16.3 Å². The Kier molecular flexibility index (Phi) is 4.68. The summed E-state index contributed by atoms with van der Waals surface area (Å²) in [5.41, 5.74) is 0.0125. The van der Waals surface area contributed by atoms with Crippen LogP contribution in [0.1, 0.15) is 33.6 Å². The van der Waals surface area contributed by atoms with E-state index in [1.54, 1.807) is 0 Å². The number of ether oxygens (including phenoxy) is 1. The van der Waals surface area contributed by atoms with Crippen LogP contribution in [0.5, 0.6) is 0 Å². The van der Waals surface area contributed by atoms with Gasteiger partial charge in [0.2, 0.25) is 0 Å². The SMILES string of the molecule is CC1CN(CCCCCl)CC(C)(C)O1. The standard InChI is InChI=1S/C11H22ClNO/c1-10-8-13(7-5-4-6-12)9-11(2,3)14-10/h10H,4-9H2,1-3H3. The summed E-state index contributed by atoms with van der Waals surface area (Å²) >= 11 is 5.66. The van der Waals surface area contributed by atoms with Crippen molar-refractivity contribution in [1.29, 1.82) is 0 Å².